The molecule has 4 rings (SSSR count). The first-order valence-corrected chi connectivity index (χ1v) is 11.5. The molecule has 0 saturated carbocycles. The quantitative estimate of drug-likeness (QED) is 0.357. The molecule has 10 heteroatoms. The van der Waals surface area contributed by atoms with Gasteiger partial charge in [0.2, 0.25) is 5.91 Å². The monoisotopic (exact) mass is 469 g/mol. The summed E-state index contributed by atoms with van der Waals surface area (Å²) in [6.07, 6.45) is 5.47. The molecule has 0 spiro atoms. The molecule has 1 aromatic heterocycles. The molecule has 1 aromatic carbocycles. The molecule has 2 aromatic rings. The van der Waals surface area contributed by atoms with Crippen LogP contribution in [0.15, 0.2) is 39.7 Å². The van der Waals surface area contributed by atoms with Crippen LogP contribution in [0.1, 0.15) is 37.0 Å². The normalized spacial score (nSPS) is 18.2. The average molecular weight is 470 g/mol. The van der Waals surface area contributed by atoms with Crippen molar-refractivity contribution >= 4 is 40.6 Å². The number of thioether (sulfide) groups is 1. The van der Waals surface area contributed by atoms with Crippen LogP contribution in [0.3, 0.4) is 0 Å². The zero-order valence-corrected chi connectivity index (χ0v) is 18.9. The highest BCUT2D eigenvalue weighted by Crippen LogP contribution is 2.34. The van der Waals surface area contributed by atoms with Crippen molar-refractivity contribution in [3.63, 3.8) is 0 Å². The van der Waals surface area contributed by atoms with Crippen LogP contribution in [-0.2, 0) is 9.59 Å². The van der Waals surface area contributed by atoms with Gasteiger partial charge in [0.05, 0.1) is 9.83 Å². The molecule has 33 heavy (non-hydrogen) atoms. The Balaban J connectivity index is 1.49. The summed E-state index contributed by atoms with van der Waals surface area (Å²) >= 11 is 0.762. The summed E-state index contributed by atoms with van der Waals surface area (Å²) in [4.78, 5) is 51.3. The van der Waals surface area contributed by atoms with E-state index in [1.54, 1.807) is 23.1 Å². The lowest BCUT2D eigenvalue weighted by Gasteiger charge is -2.22. The van der Waals surface area contributed by atoms with Crippen molar-refractivity contribution in [2.45, 2.75) is 32.6 Å². The third kappa shape index (κ3) is 5.00. The lowest BCUT2D eigenvalue weighted by atomic mass is 10.1. The van der Waals surface area contributed by atoms with Crippen molar-refractivity contribution in [2.75, 3.05) is 19.6 Å². The second-order valence-corrected chi connectivity index (χ2v) is 9.01. The number of carbonyl (C=O) groups is 3. The van der Waals surface area contributed by atoms with Gasteiger partial charge >= 0.3 is 0 Å². The van der Waals surface area contributed by atoms with Gasteiger partial charge in [-0.25, -0.2) is 0 Å². The predicted molar refractivity (Wildman–Crippen MR) is 123 cm³/mol. The molecule has 2 saturated heterocycles. The zero-order chi connectivity index (χ0) is 23.5. The molecule has 2 aliphatic rings. The number of nitro groups is 1. The molecular weight excluding hydrogens is 446 g/mol. The number of hydrogen-bond acceptors (Lipinski definition) is 7. The van der Waals surface area contributed by atoms with Crippen LogP contribution in [-0.4, -0.2) is 51.4 Å². The van der Waals surface area contributed by atoms with Gasteiger partial charge in [-0.15, -0.1) is 0 Å². The van der Waals surface area contributed by atoms with Crippen LogP contribution in [0.25, 0.3) is 17.4 Å². The van der Waals surface area contributed by atoms with Gasteiger partial charge in [-0.1, -0.05) is 18.9 Å². The lowest BCUT2D eigenvalue weighted by molar-refractivity contribution is -0.384. The van der Waals surface area contributed by atoms with Crippen molar-refractivity contribution in [2.24, 2.45) is 0 Å². The minimum atomic E-state index is -0.530. The van der Waals surface area contributed by atoms with E-state index in [0.717, 1.165) is 47.9 Å². The van der Waals surface area contributed by atoms with Gasteiger partial charge in [-0.05, 0) is 49.2 Å². The second kappa shape index (κ2) is 9.62. The van der Waals surface area contributed by atoms with Gasteiger partial charge < -0.3 is 9.32 Å². The fourth-order valence-electron chi connectivity index (χ4n) is 3.89. The van der Waals surface area contributed by atoms with Gasteiger partial charge in [-0.2, -0.15) is 0 Å². The minimum Gasteiger partial charge on any atom is -0.457 e. The van der Waals surface area contributed by atoms with Crippen LogP contribution >= 0.6 is 11.8 Å². The number of imide groups is 1. The Hall–Kier alpha value is -3.40. The predicted octanol–water partition coefficient (Wildman–Crippen LogP) is 4.60. The maximum absolute atomic E-state index is 12.8. The van der Waals surface area contributed by atoms with Crippen LogP contribution in [0.4, 0.5) is 10.5 Å². The number of likely N-dealkylation sites (tertiary alicyclic amines) is 1. The summed E-state index contributed by atoms with van der Waals surface area (Å²) < 4.78 is 5.79. The Bertz CT molecular complexity index is 1150. The first-order chi connectivity index (χ1) is 15.8. The van der Waals surface area contributed by atoms with Crippen molar-refractivity contribution in [1.82, 2.24) is 9.80 Å². The fourth-order valence-corrected chi connectivity index (χ4v) is 4.70. The number of aryl methyl sites for hydroxylation is 1. The van der Waals surface area contributed by atoms with Crippen molar-refractivity contribution in [3.05, 3.63) is 56.7 Å². The molecule has 9 nitrogen and oxygen atoms in total. The number of nitro benzene ring substituents is 1. The molecule has 0 N–H and O–H groups in total. The van der Waals surface area contributed by atoms with Gasteiger partial charge in [-0.3, -0.25) is 29.4 Å². The average Bonchev–Trinajstić information content (AvgIpc) is 3.21. The molecule has 3 heterocycles. The van der Waals surface area contributed by atoms with E-state index in [-0.39, 0.29) is 23.0 Å². The van der Waals surface area contributed by atoms with E-state index in [2.05, 4.69) is 0 Å². The first-order valence-electron chi connectivity index (χ1n) is 10.7. The summed E-state index contributed by atoms with van der Waals surface area (Å²) in [6.45, 7) is 2.85. The summed E-state index contributed by atoms with van der Waals surface area (Å²) in [5.74, 6) is -0.00203. The Labute approximate surface area is 194 Å². The molecule has 3 amide bonds. The van der Waals surface area contributed by atoms with Crippen LogP contribution in [0, 0.1) is 17.0 Å². The third-order valence-corrected chi connectivity index (χ3v) is 6.63. The Morgan fingerprint density at radius 1 is 1.15 bits per heavy atom. The number of furan rings is 1. The van der Waals surface area contributed by atoms with E-state index in [0.29, 0.717) is 30.2 Å². The maximum atomic E-state index is 12.8. The van der Waals surface area contributed by atoms with Gasteiger partial charge in [0.1, 0.15) is 18.1 Å². The number of nitrogens with zero attached hydrogens (tertiary/aromatic N) is 3. The number of amides is 3. The molecule has 2 fully saturated rings. The van der Waals surface area contributed by atoms with E-state index in [4.69, 9.17) is 4.42 Å². The molecule has 172 valence electrons. The van der Waals surface area contributed by atoms with E-state index in [9.17, 15) is 24.5 Å². The van der Waals surface area contributed by atoms with E-state index in [1.165, 1.54) is 18.2 Å². The van der Waals surface area contributed by atoms with E-state index < -0.39 is 16.1 Å². The molecule has 0 aliphatic carbocycles. The fraction of sp³-hybridized carbons (Fsp3) is 0.348. The van der Waals surface area contributed by atoms with E-state index in [1.807, 2.05) is 6.92 Å². The summed E-state index contributed by atoms with van der Waals surface area (Å²) in [5, 5.41) is 10.6. The van der Waals surface area contributed by atoms with Crippen LogP contribution < -0.4 is 0 Å². The summed E-state index contributed by atoms with van der Waals surface area (Å²) in [5.41, 5.74) is 1.32. The number of rotatable bonds is 5. The highest BCUT2D eigenvalue weighted by molar-refractivity contribution is 8.18. The minimum absolute atomic E-state index is 0.0521. The van der Waals surface area contributed by atoms with E-state index >= 15 is 0 Å². The number of non-ortho nitro benzene ring substituents is 1. The molecule has 0 atom stereocenters. The largest absolute Gasteiger partial charge is 0.457 e. The molecule has 2 aliphatic heterocycles. The Morgan fingerprint density at radius 2 is 1.88 bits per heavy atom. The number of benzene rings is 1. The van der Waals surface area contributed by atoms with Crippen molar-refractivity contribution in [3.8, 4) is 11.3 Å². The van der Waals surface area contributed by atoms with Gasteiger partial charge in [0, 0.05) is 36.9 Å². The number of hydrogen-bond donors (Lipinski definition) is 0. The lowest BCUT2D eigenvalue weighted by Crippen LogP contribution is -2.42. The smallest absolute Gasteiger partial charge is 0.294 e. The molecule has 0 unspecified atom stereocenters. The molecule has 0 bridgehead atoms. The topological polar surface area (TPSA) is 114 Å². The third-order valence-electron chi connectivity index (χ3n) is 5.72. The van der Waals surface area contributed by atoms with Gasteiger partial charge in [0.25, 0.3) is 16.8 Å². The highest BCUT2D eigenvalue weighted by atomic mass is 32.2. The van der Waals surface area contributed by atoms with Crippen molar-refractivity contribution in [1.29, 1.82) is 0 Å². The van der Waals surface area contributed by atoms with Crippen LogP contribution in [0.5, 0.6) is 0 Å². The summed E-state index contributed by atoms with van der Waals surface area (Å²) in [6, 6.07) is 7.78. The van der Waals surface area contributed by atoms with Gasteiger partial charge in [0.15, 0.2) is 0 Å². The maximum Gasteiger partial charge on any atom is 0.294 e. The highest BCUT2D eigenvalue weighted by Gasteiger charge is 2.37. The number of carbonyl (C=O) groups excluding carboxylic acids is 3. The zero-order valence-electron chi connectivity index (χ0n) is 18.1. The Morgan fingerprint density at radius 3 is 2.58 bits per heavy atom. The summed E-state index contributed by atoms with van der Waals surface area (Å²) in [7, 11) is 0. The standard InChI is InChI=1S/C23H23N3O6S/c1-15-6-7-16(26(30)31)12-18(15)19-9-8-17(32-19)13-20-22(28)25(23(29)33-20)14-21(27)24-10-4-2-3-5-11-24/h6-9,12-13H,2-5,10-11,14H2,1H3. The second-order valence-electron chi connectivity index (χ2n) is 8.02. The first kappa shape index (κ1) is 22.8. The SMILES string of the molecule is Cc1ccc([N+](=O)[O-])cc1-c1ccc(C=C2SC(=O)N(CC(=O)N3CCCCCC3)C2=O)o1. The van der Waals surface area contributed by atoms with Crippen molar-refractivity contribution < 1.29 is 23.7 Å². The Kier molecular flexibility index (Phi) is 6.64. The molecular formula is C23H23N3O6S. The molecule has 0 radical (unpaired) electrons. The van der Waals surface area contributed by atoms with Crippen LogP contribution in [0.2, 0.25) is 0 Å².